The monoisotopic (exact) mass is 341 g/mol. The highest BCUT2D eigenvalue weighted by atomic mass is 32.2. The van der Waals surface area contributed by atoms with Gasteiger partial charge in [-0.2, -0.15) is 0 Å². The Kier molecular flexibility index (Phi) is 5.84. The average Bonchev–Trinajstić information content (AvgIpc) is 2.51. The molecule has 1 N–H and O–H groups in total. The number of rotatable bonds is 5. The third-order valence-electron chi connectivity index (χ3n) is 3.96. The highest BCUT2D eigenvalue weighted by molar-refractivity contribution is 8.00. The smallest absolute Gasteiger partial charge is 0.221 e. The molecule has 0 spiro atoms. The maximum absolute atomic E-state index is 12.8. The number of carbonyl (C=O) groups excluding carboxylic acids is 2. The summed E-state index contributed by atoms with van der Waals surface area (Å²) >= 11 is 1.53. The lowest BCUT2D eigenvalue weighted by Crippen LogP contribution is -2.15. The van der Waals surface area contributed by atoms with Crippen LogP contribution >= 0.6 is 11.8 Å². The summed E-state index contributed by atoms with van der Waals surface area (Å²) in [6, 6.07) is 11.6. The Bertz CT molecular complexity index is 766. The van der Waals surface area contributed by atoms with E-state index >= 15 is 0 Å². The van der Waals surface area contributed by atoms with Gasteiger partial charge >= 0.3 is 0 Å². The molecule has 0 bridgehead atoms. The van der Waals surface area contributed by atoms with Crippen LogP contribution in [-0.2, 0) is 4.79 Å². The molecule has 0 aliphatic heterocycles. The van der Waals surface area contributed by atoms with Crippen LogP contribution in [0, 0.1) is 20.8 Å². The van der Waals surface area contributed by atoms with E-state index in [-0.39, 0.29) is 16.9 Å². The summed E-state index contributed by atoms with van der Waals surface area (Å²) in [7, 11) is 0. The lowest BCUT2D eigenvalue weighted by molar-refractivity contribution is -0.114. The van der Waals surface area contributed by atoms with Gasteiger partial charge in [-0.15, -0.1) is 11.8 Å². The number of ketones is 1. The number of carbonyl (C=O) groups is 2. The quantitative estimate of drug-likeness (QED) is 0.619. The topological polar surface area (TPSA) is 46.2 Å². The molecule has 0 aliphatic carbocycles. The molecule has 0 saturated heterocycles. The predicted molar refractivity (Wildman–Crippen MR) is 101 cm³/mol. The number of Topliss-reactive ketones (excluding diaryl/α,β-unsaturated/α-hetero) is 1. The summed E-state index contributed by atoms with van der Waals surface area (Å²) in [6.07, 6.45) is 0. The zero-order chi connectivity index (χ0) is 17.9. The van der Waals surface area contributed by atoms with Crippen molar-refractivity contribution in [1.29, 1.82) is 0 Å². The van der Waals surface area contributed by atoms with Crippen molar-refractivity contribution in [3.63, 3.8) is 0 Å². The molecule has 1 amide bonds. The van der Waals surface area contributed by atoms with E-state index in [0.29, 0.717) is 0 Å². The van der Waals surface area contributed by atoms with Crippen molar-refractivity contribution in [2.75, 3.05) is 5.32 Å². The second-order valence-corrected chi connectivity index (χ2v) is 7.50. The summed E-state index contributed by atoms with van der Waals surface area (Å²) in [6.45, 7) is 9.49. The molecule has 2 aromatic rings. The molecule has 0 unspecified atom stereocenters. The normalized spacial score (nSPS) is 11.9. The molecular formula is C20H23NO2S. The molecule has 0 fully saturated rings. The van der Waals surface area contributed by atoms with Gasteiger partial charge in [0.05, 0.1) is 5.25 Å². The fraction of sp³-hybridized carbons (Fsp3) is 0.300. The largest absolute Gasteiger partial charge is 0.326 e. The van der Waals surface area contributed by atoms with Gasteiger partial charge < -0.3 is 5.32 Å². The first kappa shape index (κ1) is 18.3. The van der Waals surface area contributed by atoms with Crippen LogP contribution in [0.4, 0.5) is 5.69 Å². The lowest BCUT2D eigenvalue weighted by Gasteiger charge is -2.14. The molecular weight excluding hydrogens is 318 g/mol. The zero-order valence-corrected chi connectivity index (χ0v) is 15.6. The van der Waals surface area contributed by atoms with Crippen LogP contribution in [0.15, 0.2) is 41.3 Å². The first-order chi connectivity index (χ1) is 11.3. The van der Waals surface area contributed by atoms with E-state index in [4.69, 9.17) is 0 Å². The zero-order valence-electron chi connectivity index (χ0n) is 14.8. The summed E-state index contributed by atoms with van der Waals surface area (Å²) in [5.74, 6) is 0.0516. The SMILES string of the molecule is CC(=O)Nc1ccc(S[C@@H](C)C(=O)c2cc(C)c(C)cc2C)cc1. The highest BCUT2D eigenvalue weighted by Gasteiger charge is 2.19. The van der Waals surface area contributed by atoms with E-state index < -0.39 is 0 Å². The maximum atomic E-state index is 12.8. The number of benzene rings is 2. The van der Waals surface area contributed by atoms with Crippen LogP contribution < -0.4 is 5.32 Å². The molecule has 1 atom stereocenters. The Labute approximate surface area is 147 Å². The van der Waals surface area contributed by atoms with Crippen LogP contribution in [0.5, 0.6) is 0 Å². The van der Waals surface area contributed by atoms with E-state index in [1.165, 1.54) is 24.2 Å². The Balaban J connectivity index is 2.11. The van der Waals surface area contributed by atoms with Crippen molar-refractivity contribution < 1.29 is 9.59 Å². The van der Waals surface area contributed by atoms with Crippen LogP contribution in [0.2, 0.25) is 0 Å². The van der Waals surface area contributed by atoms with E-state index in [2.05, 4.69) is 18.3 Å². The molecule has 24 heavy (non-hydrogen) atoms. The van der Waals surface area contributed by atoms with Gasteiger partial charge in [-0.05, 0) is 74.7 Å². The second kappa shape index (κ2) is 7.67. The predicted octanol–water partition coefficient (Wildman–Crippen LogP) is 4.93. The molecule has 2 aromatic carbocycles. The van der Waals surface area contributed by atoms with Crippen molar-refractivity contribution in [3.05, 3.63) is 58.7 Å². The fourth-order valence-corrected chi connectivity index (χ4v) is 3.46. The summed E-state index contributed by atoms with van der Waals surface area (Å²) in [4.78, 5) is 24.8. The standard InChI is InChI=1S/C20H23NO2S/c1-12-10-14(3)19(11-13(12)2)20(23)15(4)24-18-8-6-17(7-9-18)21-16(5)22/h6-11,15H,1-5H3,(H,21,22)/t15-/m0/s1. The van der Waals surface area contributed by atoms with Crippen LogP contribution in [0.3, 0.4) is 0 Å². The third-order valence-corrected chi connectivity index (χ3v) is 5.07. The van der Waals surface area contributed by atoms with Gasteiger partial charge in [0.25, 0.3) is 0 Å². The second-order valence-electron chi connectivity index (χ2n) is 6.08. The van der Waals surface area contributed by atoms with E-state index in [9.17, 15) is 9.59 Å². The minimum absolute atomic E-state index is 0.0934. The Morgan fingerprint density at radius 3 is 2.12 bits per heavy atom. The molecule has 0 radical (unpaired) electrons. The number of anilines is 1. The van der Waals surface area contributed by atoms with E-state index in [0.717, 1.165) is 27.3 Å². The van der Waals surface area contributed by atoms with Crippen molar-refractivity contribution in [1.82, 2.24) is 0 Å². The van der Waals surface area contributed by atoms with Gasteiger partial charge in [-0.25, -0.2) is 0 Å². The van der Waals surface area contributed by atoms with Gasteiger partial charge in [0.2, 0.25) is 5.91 Å². The first-order valence-corrected chi connectivity index (χ1v) is 8.82. The van der Waals surface area contributed by atoms with Crippen molar-refractivity contribution in [2.24, 2.45) is 0 Å². The third kappa shape index (κ3) is 4.48. The summed E-state index contributed by atoms with van der Waals surface area (Å²) in [5, 5.41) is 2.57. The lowest BCUT2D eigenvalue weighted by atomic mass is 9.97. The Morgan fingerprint density at radius 2 is 1.54 bits per heavy atom. The van der Waals surface area contributed by atoms with Gasteiger partial charge in [0.15, 0.2) is 5.78 Å². The first-order valence-electron chi connectivity index (χ1n) is 7.94. The molecule has 0 aromatic heterocycles. The molecule has 0 saturated carbocycles. The number of hydrogen-bond donors (Lipinski definition) is 1. The molecule has 2 rings (SSSR count). The summed E-state index contributed by atoms with van der Waals surface area (Å²) < 4.78 is 0. The molecule has 0 aliphatic rings. The average molecular weight is 341 g/mol. The molecule has 0 heterocycles. The fourth-order valence-electron chi connectivity index (χ4n) is 2.52. The number of aryl methyl sites for hydroxylation is 3. The highest BCUT2D eigenvalue weighted by Crippen LogP contribution is 2.28. The van der Waals surface area contributed by atoms with Crippen LogP contribution in [0.1, 0.15) is 40.9 Å². The van der Waals surface area contributed by atoms with Crippen LogP contribution in [0.25, 0.3) is 0 Å². The number of hydrogen-bond acceptors (Lipinski definition) is 3. The minimum Gasteiger partial charge on any atom is -0.326 e. The Hall–Kier alpha value is -2.07. The molecule has 4 heteroatoms. The number of amides is 1. The van der Waals surface area contributed by atoms with Gasteiger partial charge in [0, 0.05) is 23.1 Å². The van der Waals surface area contributed by atoms with Gasteiger partial charge in [-0.1, -0.05) is 6.07 Å². The number of thioether (sulfide) groups is 1. The Morgan fingerprint density at radius 1 is 0.958 bits per heavy atom. The molecule has 126 valence electrons. The van der Waals surface area contributed by atoms with Gasteiger partial charge in [0.1, 0.15) is 0 Å². The minimum atomic E-state index is -0.169. The maximum Gasteiger partial charge on any atom is 0.221 e. The van der Waals surface area contributed by atoms with Crippen molar-refractivity contribution in [2.45, 2.75) is 44.8 Å². The van der Waals surface area contributed by atoms with Gasteiger partial charge in [-0.3, -0.25) is 9.59 Å². The van der Waals surface area contributed by atoms with E-state index in [1.54, 1.807) is 0 Å². The number of nitrogens with one attached hydrogen (secondary N) is 1. The van der Waals surface area contributed by atoms with Crippen molar-refractivity contribution in [3.8, 4) is 0 Å². The van der Waals surface area contributed by atoms with Crippen molar-refractivity contribution >= 4 is 29.1 Å². The van der Waals surface area contributed by atoms with Crippen LogP contribution in [-0.4, -0.2) is 16.9 Å². The summed E-state index contributed by atoms with van der Waals surface area (Å²) in [5.41, 5.74) is 4.93. The van der Waals surface area contributed by atoms with E-state index in [1.807, 2.05) is 51.1 Å². The molecule has 3 nitrogen and oxygen atoms in total.